The third-order valence-electron chi connectivity index (χ3n) is 6.16. The maximum absolute atomic E-state index is 1.80. The van der Waals surface area contributed by atoms with Crippen LogP contribution in [0.3, 0.4) is 0 Å². The molecule has 1 heteroatoms. The first-order valence-electron chi connectivity index (χ1n) is 9.23. The van der Waals surface area contributed by atoms with Crippen LogP contribution >= 0.6 is 0 Å². The number of hydrogen-bond acceptors (Lipinski definition) is 0. The first-order chi connectivity index (χ1) is 9.40. The summed E-state index contributed by atoms with van der Waals surface area (Å²) in [6.45, 7) is 0. The van der Waals surface area contributed by atoms with Gasteiger partial charge in [0.25, 0.3) is 0 Å². The van der Waals surface area contributed by atoms with Crippen molar-refractivity contribution in [2.75, 3.05) is 0 Å². The second kappa shape index (κ2) is 7.71. The third-order valence-corrected chi connectivity index (χ3v) is 16.0. The average Bonchev–Trinajstić information content (AvgIpc) is 3.10. The molecule has 3 rings (SSSR count). The molecule has 3 fully saturated rings. The Bertz CT molecular complexity index is 202. The molecule has 0 aliphatic heterocycles. The average molecular weight is 368 g/mol. The van der Waals surface area contributed by atoms with Crippen LogP contribution in [0.25, 0.3) is 0 Å². The second-order valence-electron chi connectivity index (χ2n) is 7.81. The van der Waals surface area contributed by atoms with E-state index in [0.717, 1.165) is 0 Å². The van der Waals surface area contributed by atoms with Gasteiger partial charge >= 0.3 is 128 Å². The van der Waals surface area contributed by atoms with Crippen LogP contribution in [0.5, 0.6) is 0 Å². The predicted molar refractivity (Wildman–Crippen MR) is 86.0 cm³/mol. The van der Waals surface area contributed by atoms with Crippen molar-refractivity contribution in [3.63, 3.8) is 0 Å². The van der Waals surface area contributed by atoms with E-state index in [1.807, 2.05) is 0 Å². The summed E-state index contributed by atoms with van der Waals surface area (Å²) in [7, 11) is 0. The summed E-state index contributed by atoms with van der Waals surface area (Å²) in [5.74, 6) is 3.62. The second-order valence-corrected chi connectivity index (χ2v) is 15.6. The van der Waals surface area contributed by atoms with Gasteiger partial charge in [-0.05, 0) is 0 Å². The Morgan fingerprint density at radius 2 is 0.737 bits per heavy atom. The monoisotopic (exact) mass is 369 g/mol. The first kappa shape index (κ1) is 14.7. The maximum atomic E-state index is 1.80. The summed E-state index contributed by atoms with van der Waals surface area (Å²) in [6, 6.07) is 0. The molecule has 0 amide bonds. The minimum absolute atomic E-state index is 1.02. The van der Waals surface area contributed by atoms with Gasteiger partial charge in [0.05, 0.1) is 0 Å². The Kier molecular flexibility index (Phi) is 5.97. The SMILES string of the molecule is C1CCC([CH2][Sn]([CH2]C2CCCC2)[CH2]C2CCCC2)C1. The molecule has 0 aromatic heterocycles. The zero-order chi connectivity index (χ0) is 12.9. The van der Waals surface area contributed by atoms with Crippen LogP contribution in [-0.2, 0) is 0 Å². The van der Waals surface area contributed by atoms with Gasteiger partial charge in [0, 0.05) is 0 Å². The van der Waals surface area contributed by atoms with Crippen LogP contribution in [0.1, 0.15) is 77.0 Å². The number of hydrogen-bond donors (Lipinski definition) is 0. The summed E-state index contributed by atoms with van der Waals surface area (Å²) in [6.07, 6.45) is 19.0. The van der Waals surface area contributed by atoms with E-state index in [9.17, 15) is 0 Å². The molecular formula is C18H33Sn. The Morgan fingerprint density at radius 3 is 1.00 bits per heavy atom. The Labute approximate surface area is 127 Å². The molecule has 0 aromatic carbocycles. The van der Waals surface area contributed by atoms with E-state index in [1.54, 1.807) is 90.4 Å². The third kappa shape index (κ3) is 4.64. The Morgan fingerprint density at radius 1 is 0.474 bits per heavy atom. The Balaban J connectivity index is 1.49. The van der Waals surface area contributed by atoms with Crippen molar-refractivity contribution >= 4 is 19.8 Å². The van der Waals surface area contributed by atoms with E-state index in [2.05, 4.69) is 0 Å². The molecular weight excluding hydrogens is 335 g/mol. The van der Waals surface area contributed by atoms with E-state index >= 15 is 0 Å². The molecule has 0 atom stereocenters. The van der Waals surface area contributed by atoms with Crippen molar-refractivity contribution in [2.24, 2.45) is 17.8 Å². The molecule has 0 aromatic rings. The van der Waals surface area contributed by atoms with Crippen LogP contribution in [0.2, 0.25) is 13.3 Å². The molecule has 0 spiro atoms. The summed E-state index contributed by atoms with van der Waals surface area (Å²) < 4.78 is 5.40. The molecule has 3 aliphatic rings. The van der Waals surface area contributed by atoms with Crippen molar-refractivity contribution in [3.8, 4) is 0 Å². The molecule has 1 radical (unpaired) electrons. The van der Waals surface area contributed by atoms with Gasteiger partial charge in [-0.2, -0.15) is 0 Å². The van der Waals surface area contributed by atoms with Crippen molar-refractivity contribution in [1.82, 2.24) is 0 Å². The van der Waals surface area contributed by atoms with Gasteiger partial charge in [0.1, 0.15) is 0 Å². The standard InChI is InChI=1S/3C6H11.Sn/c3*1-6-4-2-3-5-6;/h3*6H,1-5H2;. The van der Waals surface area contributed by atoms with Crippen molar-refractivity contribution in [3.05, 3.63) is 0 Å². The summed E-state index contributed by atoms with van der Waals surface area (Å²) in [5.41, 5.74) is 0. The molecule has 0 heterocycles. The van der Waals surface area contributed by atoms with Gasteiger partial charge in [0.15, 0.2) is 0 Å². The molecule has 3 aliphatic carbocycles. The Hall–Kier alpha value is 0.799. The summed E-state index contributed by atoms with van der Waals surface area (Å²) in [4.78, 5) is 0. The van der Waals surface area contributed by atoms with E-state index in [1.165, 1.54) is 17.8 Å². The molecule has 3 saturated carbocycles. The normalized spacial score (nSPS) is 27.0. The zero-order valence-corrected chi connectivity index (χ0v) is 15.7. The van der Waals surface area contributed by atoms with E-state index in [4.69, 9.17) is 0 Å². The van der Waals surface area contributed by atoms with E-state index in [0.29, 0.717) is 0 Å². The van der Waals surface area contributed by atoms with Gasteiger partial charge in [-0.1, -0.05) is 0 Å². The molecule has 0 nitrogen and oxygen atoms in total. The zero-order valence-electron chi connectivity index (χ0n) is 12.8. The van der Waals surface area contributed by atoms with Crippen LogP contribution in [-0.4, -0.2) is 19.8 Å². The van der Waals surface area contributed by atoms with Gasteiger partial charge in [0.2, 0.25) is 0 Å². The van der Waals surface area contributed by atoms with E-state index < -0.39 is 19.8 Å². The van der Waals surface area contributed by atoms with Gasteiger partial charge in [-0.3, -0.25) is 0 Å². The predicted octanol–water partition coefficient (Wildman–Crippen LogP) is 6.05. The van der Waals surface area contributed by atoms with E-state index in [-0.39, 0.29) is 0 Å². The van der Waals surface area contributed by atoms with Crippen molar-refractivity contribution in [1.29, 1.82) is 0 Å². The fourth-order valence-corrected chi connectivity index (χ4v) is 17.0. The molecule has 0 N–H and O–H groups in total. The molecule has 0 unspecified atom stereocenters. The van der Waals surface area contributed by atoms with Gasteiger partial charge < -0.3 is 0 Å². The topological polar surface area (TPSA) is 0 Å². The van der Waals surface area contributed by atoms with Crippen LogP contribution in [0, 0.1) is 17.8 Å². The quantitative estimate of drug-likeness (QED) is 0.501. The molecule has 0 saturated heterocycles. The first-order valence-corrected chi connectivity index (χ1v) is 15.3. The molecule has 0 bridgehead atoms. The molecule has 19 heavy (non-hydrogen) atoms. The van der Waals surface area contributed by atoms with Crippen molar-refractivity contribution in [2.45, 2.75) is 90.4 Å². The van der Waals surface area contributed by atoms with Crippen LogP contribution in [0.15, 0.2) is 0 Å². The fraction of sp³-hybridized carbons (Fsp3) is 1.00. The van der Waals surface area contributed by atoms with Gasteiger partial charge in [-0.25, -0.2) is 0 Å². The van der Waals surface area contributed by atoms with Gasteiger partial charge in [-0.15, -0.1) is 0 Å². The van der Waals surface area contributed by atoms with Crippen LogP contribution in [0.4, 0.5) is 0 Å². The summed E-state index contributed by atoms with van der Waals surface area (Å²) in [5, 5.41) is 0. The molecule has 109 valence electrons. The number of rotatable bonds is 6. The minimum atomic E-state index is -1.02. The fourth-order valence-electron chi connectivity index (χ4n) is 5.12. The summed E-state index contributed by atoms with van der Waals surface area (Å²) >= 11 is -1.02. The van der Waals surface area contributed by atoms with Crippen molar-refractivity contribution < 1.29 is 0 Å². The van der Waals surface area contributed by atoms with Crippen LogP contribution < -0.4 is 0 Å².